The van der Waals surface area contributed by atoms with Crippen molar-refractivity contribution >= 4 is 11.6 Å². The molecule has 1 aromatic heterocycles. The average Bonchev–Trinajstić information content (AvgIpc) is 2.31. The third kappa shape index (κ3) is 3.06. The summed E-state index contributed by atoms with van der Waals surface area (Å²) in [6.07, 6.45) is 3.10. The lowest BCUT2D eigenvalue weighted by molar-refractivity contribution is 0.824. The molecular weight excluding hydrogens is 202 g/mol. The Hall–Kier alpha value is -1.36. The Morgan fingerprint density at radius 2 is 1.88 bits per heavy atom. The van der Waals surface area contributed by atoms with Gasteiger partial charge < -0.3 is 10.7 Å². The number of hydrazine groups is 1. The minimum absolute atomic E-state index is 0.700. The molecule has 0 amide bonds. The van der Waals surface area contributed by atoms with Crippen LogP contribution >= 0.6 is 0 Å². The predicted octanol–water partition coefficient (Wildman–Crippen LogP) is 1.85. The van der Waals surface area contributed by atoms with Crippen LogP contribution in [0.2, 0.25) is 0 Å². The monoisotopic (exact) mass is 223 g/mol. The van der Waals surface area contributed by atoms with Crippen LogP contribution in [0.25, 0.3) is 0 Å². The fraction of sp³-hybridized carbons (Fsp3) is 0.636. The van der Waals surface area contributed by atoms with Gasteiger partial charge in [-0.2, -0.15) is 0 Å². The number of nitrogens with zero attached hydrogens (tertiary/aromatic N) is 2. The van der Waals surface area contributed by atoms with Gasteiger partial charge >= 0.3 is 0 Å². The molecule has 1 aromatic rings. The zero-order chi connectivity index (χ0) is 12.0. The van der Waals surface area contributed by atoms with E-state index >= 15 is 0 Å². The number of anilines is 2. The lowest BCUT2D eigenvalue weighted by Crippen LogP contribution is -2.15. The van der Waals surface area contributed by atoms with Crippen molar-refractivity contribution in [3.05, 3.63) is 11.4 Å². The van der Waals surface area contributed by atoms with Crippen LogP contribution in [-0.2, 0) is 6.42 Å². The van der Waals surface area contributed by atoms with E-state index in [1.165, 1.54) is 6.42 Å². The molecule has 1 rings (SSSR count). The molecule has 0 unspecified atom stereocenters. The maximum absolute atomic E-state index is 5.43. The molecule has 4 N–H and O–H groups in total. The first kappa shape index (κ1) is 12.7. The van der Waals surface area contributed by atoms with Gasteiger partial charge in [0, 0.05) is 18.5 Å². The van der Waals surface area contributed by atoms with Gasteiger partial charge in [0.2, 0.25) is 0 Å². The van der Waals surface area contributed by atoms with Crippen molar-refractivity contribution in [2.24, 2.45) is 5.84 Å². The quantitative estimate of drug-likeness (QED) is 0.390. The second-order valence-electron chi connectivity index (χ2n) is 3.74. The Morgan fingerprint density at radius 1 is 1.19 bits per heavy atom. The van der Waals surface area contributed by atoms with Crippen LogP contribution in [0.5, 0.6) is 0 Å². The van der Waals surface area contributed by atoms with Crippen molar-refractivity contribution in [2.75, 3.05) is 17.3 Å². The highest BCUT2D eigenvalue weighted by atomic mass is 15.3. The van der Waals surface area contributed by atoms with Gasteiger partial charge in [-0.15, -0.1) is 0 Å². The summed E-state index contributed by atoms with van der Waals surface area (Å²) in [6, 6.07) is 0. The van der Waals surface area contributed by atoms with Crippen LogP contribution in [0.3, 0.4) is 0 Å². The molecule has 90 valence electrons. The average molecular weight is 223 g/mol. The topological polar surface area (TPSA) is 75.9 Å². The first-order valence-corrected chi connectivity index (χ1v) is 5.80. The Labute approximate surface area is 96.8 Å². The molecule has 0 aromatic carbocycles. The van der Waals surface area contributed by atoms with Crippen molar-refractivity contribution in [3.8, 4) is 0 Å². The molecule has 0 aliphatic carbocycles. The molecule has 0 aliphatic heterocycles. The van der Waals surface area contributed by atoms with Crippen LogP contribution in [0.1, 0.15) is 38.1 Å². The summed E-state index contributed by atoms with van der Waals surface area (Å²) >= 11 is 0. The van der Waals surface area contributed by atoms with Crippen LogP contribution < -0.4 is 16.6 Å². The van der Waals surface area contributed by atoms with Gasteiger partial charge in [0.05, 0.1) is 0 Å². The molecule has 0 saturated carbocycles. The van der Waals surface area contributed by atoms with Gasteiger partial charge in [0.1, 0.15) is 17.5 Å². The first-order valence-electron chi connectivity index (χ1n) is 5.80. The van der Waals surface area contributed by atoms with E-state index in [0.29, 0.717) is 5.82 Å². The number of aryl methyl sites for hydroxylation is 1. The second-order valence-corrected chi connectivity index (χ2v) is 3.74. The lowest BCUT2D eigenvalue weighted by atomic mass is 10.2. The molecule has 5 nitrogen and oxygen atoms in total. The number of hydrogen-bond donors (Lipinski definition) is 3. The van der Waals surface area contributed by atoms with Crippen LogP contribution in [0.4, 0.5) is 11.6 Å². The van der Waals surface area contributed by atoms with Crippen LogP contribution in [0, 0.1) is 6.92 Å². The highest BCUT2D eigenvalue weighted by molar-refractivity contribution is 5.56. The van der Waals surface area contributed by atoms with E-state index in [0.717, 1.165) is 36.6 Å². The summed E-state index contributed by atoms with van der Waals surface area (Å²) in [5.74, 6) is 7.82. The summed E-state index contributed by atoms with van der Waals surface area (Å²) in [6.45, 7) is 7.09. The van der Waals surface area contributed by atoms with Gasteiger partial charge in [0.25, 0.3) is 0 Å². The van der Waals surface area contributed by atoms with Gasteiger partial charge in [0.15, 0.2) is 0 Å². The van der Waals surface area contributed by atoms with E-state index in [4.69, 9.17) is 5.84 Å². The van der Waals surface area contributed by atoms with Crippen molar-refractivity contribution in [2.45, 2.75) is 40.0 Å². The molecule has 1 heterocycles. The smallest absolute Gasteiger partial charge is 0.148 e. The van der Waals surface area contributed by atoms with Gasteiger partial charge in [-0.1, -0.05) is 20.3 Å². The molecule has 0 fully saturated rings. The van der Waals surface area contributed by atoms with Crippen LogP contribution in [-0.4, -0.2) is 16.5 Å². The number of hydrogen-bond acceptors (Lipinski definition) is 5. The summed E-state index contributed by atoms with van der Waals surface area (Å²) in [5.41, 5.74) is 3.58. The number of aromatic nitrogens is 2. The molecule has 0 bridgehead atoms. The molecule has 5 heteroatoms. The minimum atomic E-state index is 0.700. The summed E-state index contributed by atoms with van der Waals surface area (Å²) in [7, 11) is 0. The largest absolute Gasteiger partial charge is 0.370 e. The first-order chi connectivity index (χ1) is 7.72. The third-order valence-corrected chi connectivity index (χ3v) is 2.47. The molecular formula is C11H21N5. The fourth-order valence-corrected chi connectivity index (χ4v) is 1.42. The highest BCUT2D eigenvalue weighted by Gasteiger charge is 2.08. The molecule has 0 spiro atoms. The van der Waals surface area contributed by atoms with E-state index < -0.39 is 0 Å². The summed E-state index contributed by atoms with van der Waals surface area (Å²) in [4.78, 5) is 8.76. The minimum Gasteiger partial charge on any atom is -0.370 e. The van der Waals surface area contributed by atoms with E-state index in [9.17, 15) is 0 Å². The van der Waals surface area contributed by atoms with Crippen molar-refractivity contribution in [1.29, 1.82) is 0 Å². The Bertz CT molecular complexity index is 337. The van der Waals surface area contributed by atoms with E-state index in [1.54, 1.807) is 0 Å². The summed E-state index contributed by atoms with van der Waals surface area (Å²) in [5, 5.41) is 3.32. The van der Waals surface area contributed by atoms with Crippen molar-refractivity contribution in [1.82, 2.24) is 9.97 Å². The molecule has 0 saturated heterocycles. The number of nitrogen functional groups attached to an aromatic ring is 1. The number of nitrogens with one attached hydrogen (secondary N) is 2. The Morgan fingerprint density at radius 3 is 2.44 bits per heavy atom. The van der Waals surface area contributed by atoms with Gasteiger partial charge in [-0.05, 0) is 13.3 Å². The van der Waals surface area contributed by atoms with Crippen molar-refractivity contribution < 1.29 is 0 Å². The number of nitrogens with two attached hydrogens (primary N) is 1. The van der Waals surface area contributed by atoms with Crippen molar-refractivity contribution in [3.63, 3.8) is 0 Å². The van der Waals surface area contributed by atoms with Gasteiger partial charge in [-0.25, -0.2) is 15.8 Å². The molecule has 0 aliphatic rings. The second kappa shape index (κ2) is 6.27. The zero-order valence-corrected chi connectivity index (χ0v) is 10.3. The summed E-state index contributed by atoms with van der Waals surface area (Å²) < 4.78 is 0. The Balaban J connectivity index is 2.88. The van der Waals surface area contributed by atoms with Gasteiger partial charge in [-0.3, -0.25) is 0 Å². The van der Waals surface area contributed by atoms with E-state index in [-0.39, 0.29) is 0 Å². The number of unbranched alkanes of at least 4 members (excludes halogenated alkanes) is 1. The normalized spacial score (nSPS) is 10.2. The predicted molar refractivity (Wildman–Crippen MR) is 67.4 cm³/mol. The maximum Gasteiger partial charge on any atom is 0.148 e. The molecule has 0 atom stereocenters. The highest BCUT2D eigenvalue weighted by Crippen LogP contribution is 2.19. The molecule has 16 heavy (non-hydrogen) atoms. The lowest BCUT2D eigenvalue weighted by Gasteiger charge is -2.12. The number of rotatable bonds is 6. The SMILES string of the molecule is CCCCNc1nc(CC)nc(NN)c1C. The van der Waals surface area contributed by atoms with Crippen LogP contribution in [0.15, 0.2) is 0 Å². The third-order valence-electron chi connectivity index (χ3n) is 2.47. The Kier molecular flexibility index (Phi) is 4.98. The molecule has 0 radical (unpaired) electrons. The van der Waals surface area contributed by atoms with E-state index in [2.05, 4.69) is 27.6 Å². The fourth-order valence-electron chi connectivity index (χ4n) is 1.42. The van der Waals surface area contributed by atoms with E-state index in [1.807, 2.05) is 13.8 Å². The zero-order valence-electron chi connectivity index (χ0n) is 10.3. The maximum atomic E-state index is 5.43. The standard InChI is InChI=1S/C11H21N5/c1-4-6-7-13-10-8(3)11(16-12)15-9(5-2)14-10/h4-7,12H2,1-3H3,(H2,13,14,15,16).